The van der Waals surface area contributed by atoms with E-state index in [2.05, 4.69) is 24.5 Å². The maximum atomic E-state index is 5.56. The predicted molar refractivity (Wildman–Crippen MR) is 74.3 cm³/mol. The highest BCUT2D eigenvalue weighted by Gasteiger charge is 2.15. The second-order valence-electron chi connectivity index (χ2n) is 5.96. The number of hydrogen-bond acceptors (Lipinski definition) is 4. The predicted octanol–water partition coefficient (Wildman–Crippen LogP) is 3.06. The van der Waals surface area contributed by atoms with E-state index >= 15 is 0 Å². The minimum atomic E-state index is -0.160. The Morgan fingerprint density at radius 1 is 1.26 bits per heavy atom. The highest BCUT2D eigenvalue weighted by Crippen LogP contribution is 2.32. The minimum absolute atomic E-state index is 0.160. The van der Waals surface area contributed by atoms with E-state index in [4.69, 9.17) is 14.3 Å². The van der Waals surface area contributed by atoms with E-state index in [0.717, 1.165) is 24.3 Å². The van der Waals surface area contributed by atoms with Crippen molar-refractivity contribution >= 4 is 0 Å². The molecule has 0 aliphatic carbocycles. The summed E-state index contributed by atoms with van der Waals surface area (Å²) in [7, 11) is 0. The van der Waals surface area contributed by atoms with Gasteiger partial charge >= 0.3 is 0 Å². The Morgan fingerprint density at radius 2 is 2.00 bits per heavy atom. The molecule has 1 atom stereocenters. The molecule has 0 bridgehead atoms. The number of ether oxygens (including phenoxy) is 2. The van der Waals surface area contributed by atoms with E-state index < -0.39 is 0 Å². The van der Waals surface area contributed by atoms with Gasteiger partial charge in [0.05, 0.1) is 5.60 Å². The third-order valence-corrected chi connectivity index (χ3v) is 2.87. The molecule has 19 heavy (non-hydrogen) atoms. The van der Waals surface area contributed by atoms with E-state index in [1.54, 1.807) is 0 Å². The van der Waals surface area contributed by atoms with Crippen molar-refractivity contribution in [1.82, 2.24) is 5.48 Å². The molecule has 0 fully saturated rings. The summed E-state index contributed by atoms with van der Waals surface area (Å²) < 4.78 is 10.7. The lowest BCUT2D eigenvalue weighted by Crippen LogP contribution is -2.35. The normalized spacial score (nSPS) is 15.6. The zero-order valence-corrected chi connectivity index (χ0v) is 12.2. The maximum Gasteiger partial charge on any atom is 0.231 e. The van der Waals surface area contributed by atoms with Crippen LogP contribution in [0.25, 0.3) is 0 Å². The van der Waals surface area contributed by atoms with Crippen LogP contribution in [0.2, 0.25) is 0 Å². The Balaban J connectivity index is 1.79. The second kappa shape index (κ2) is 5.80. The molecule has 0 saturated heterocycles. The molecule has 0 amide bonds. The number of hydroxylamine groups is 1. The van der Waals surface area contributed by atoms with Crippen LogP contribution in [0.4, 0.5) is 0 Å². The lowest BCUT2D eigenvalue weighted by molar-refractivity contribution is -0.0867. The molecular weight excluding hydrogens is 242 g/mol. The molecule has 1 heterocycles. The molecule has 1 N–H and O–H groups in total. The van der Waals surface area contributed by atoms with Crippen molar-refractivity contribution in [2.45, 2.75) is 52.2 Å². The zero-order valence-electron chi connectivity index (χ0n) is 12.2. The van der Waals surface area contributed by atoms with Crippen molar-refractivity contribution in [2.75, 3.05) is 6.79 Å². The fourth-order valence-corrected chi connectivity index (χ4v) is 1.82. The number of benzene rings is 1. The smallest absolute Gasteiger partial charge is 0.231 e. The fraction of sp³-hybridized carbons (Fsp3) is 0.600. The number of hydrogen-bond donors (Lipinski definition) is 1. The van der Waals surface area contributed by atoms with Gasteiger partial charge in [0.2, 0.25) is 6.79 Å². The van der Waals surface area contributed by atoms with E-state index in [9.17, 15) is 0 Å². The van der Waals surface area contributed by atoms with Gasteiger partial charge in [-0.15, -0.1) is 0 Å². The average Bonchev–Trinajstić information content (AvgIpc) is 2.80. The van der Waals surface area contributed by atoms with Gasteiger partial charge in [0.15, 0.2) is 11.5 Å². The highest BCUT2D eigenvalue weighted by atomic mass is 16.7. The molecule has 4 nitrogen and oxygen atoms in total. The zero-order chi connectivity index (χ0) is 13.9. The first-order valence-electron chi connectivity index (χ1n) is 6.76. The Hall–Kier alpha value is -1.26. The molecule has 1 unspecified atom stereocenters. The van der Waals surface area contributed by atoms with Crippen molar-refractivity contribution in [3.05, 3.63) is 23.8 Å². The molecular formula is C15H23NO3. The van der Waals surface area contributed by atoms with E-state index in [-0.39, 0.29) is 5.60 Å². The first-order chi connectivity index (χ1) is 8.94. The molecule has 1 aliphatic heterocycles. The Bertz CT molecular complexity index is 426. The van der Waals surface area contributed by atoms with Crippen molar-refractivity contribution in [3.63, 3.8) is 0 Å². The van der Waals surface area contributed by atoms with Gasteiger partial charge < -0.3 is 9.47 Å². The lowest BCUT2D eigenvalue weighted by atomic mass is 10.1. The van der Waals surface area contributed by atoms with Gasteiger partial charge in [-0.25, -0.2) is 0 Å². The molecule has 1 aliphatic rings. The van der Waals surface area contributed by atoms with Crippen LogP contribution in [0, 0.1) is 0 Å². The van der Waals surface area contributed by atoms with Crippen LogP contribution in [-0.2, 0) is 11.3 Å². The number of rotatable bonds is 5. The van der Waals surface area contributed by atoms with Gasteiger partial charge in [-0.2, -0.15) is 5.48 Å². The fourth-order valence-electron chi connectivity index (χ4n) is 1.82. The highest BCUT2D eigenvalue weighted by molar-refractivity contribution is 5.44. The van der Waals surface area contributed by atoms with Gasteiger partial charge in [-0.1, -0.05) is 6.07 Å². The Kier molecular flexibility index (Phi) is 4.32. The summed E-state index contributed by atoms with van der Waals surface area (Å²) in [6.07, 6.45) is 1.99. The van der Waals surface area contributed by atoms with Crippen LogP contribution in [0.15, 0.2) is 18.2 Å². The van der Waals surface area contributed by atoms with Crippen LogP contribution in [0.1, 0.15) is 39.7 Å². The molecule has 0 spiro atoms. The van der Waals surface area contributed by atoms with Crippen LogP contribution in [0.3, 0.4) is 0 Å². The second-order valence-corrected chi connectivity index (χ2v) is 5.96. The van der Waals surface area contributed by atoms with Gasteiger partial charge in [0.1, 0.15) is 0 Å². The average molecular weight is 265 g/mol. The Morgan fingerprint density at radius 3 is 2.74 bits per heavy atom. The third kappa shape index (κ3) is 4.40. The summed E-state index contributed by atoms with van der Waals surface area (Å²) in [6, 6.07) is 6.43. The van der Waals surface area contributed by atoms with E-state index in [1.165, 1.54) is 5.56 Å². The van der Waals surface area contributed by atoms with Crippen molar-refractivity contribution in [2.24, 2.45) is 0 Å². The lowest BCUT2D eigenvalue weighted by Gasteiger charge is -2.23. The number of aryl methyl sites for hydroxylation is 1. The summed E-state index contributed by atoms with van der Waals surface area (Å²) >= 11 is 0. The van der Waals surface area contributed by atoms with Crippen LogP contribution >= 0.6 is 0 Å². The molecule has 0 saturated carbocycles. The molecule has 1 aromatic rings. The summed E-state index contributed by atoms with van der Waals surface area (Å²) in [5.41, 5.74) is 4.19. The maximum absolute atomic E-state index is 5.56. The quantitative estimate of drug-likeness (QED) is 0.831. The molecule has 0 aromatic heterocycles. The van der Waals surface area contributed by atoms with Gasteiger partial charge in [0, 0.05) is 6.04 Å². The van der Waals surface area contributed by atoms with Crippen molar-refractivity contribution in [3.8, 4) is 11.5 Å². The van der Waals surface area contributed by atoms with Crippen molar-refractivity contribution < 1.29 is 14.3 Å². The topological polar surface area (TPSA) is 39.7 Å². The summed E-state index contributed by atoms with van der Waals surface area (Å²) in [6.45, 7) is 8.55. The summed E-state index contributed by atoms with van der Waals surface area (Å²) in [5.74, 6) is 1.69. The monoisotopic (exact) mass is 265 g/mol. The standard InChI is InChI=1S/C15H23NO3/c1-11(16-19-15(2,3)4)5-6-12-7-8-13-14(9-12)18-10-17-13/h7-9,11,16H,5-6,10H2,1-4H3. The molecule has 1 aromatic carbocycles. The summed E-state index contributed by atoms with van der Waals surface area (Å²) in [4.78, 5) is 5.56. The third-order valence-electron chi connectivity index (χ3n) is 2.87. The first kappa shape index (κ1) is 14.2. The molecule has 106 valence electrons. The number of fused-ring (bicyclic) bond motifs is 1. The van der Waals surface area contributed by atoms with Crippen molar-refractivity contribution in [1.29, 1.82) is 0 Å². The van der Waals surface area contributed by atoms with Crippen LogP contribution < -0.4 is 15.0 Å². The largest absolute Gasteiger partial charge is 0.454 e. The Labute approximate surface area is 115 Å². The van der Waals surface area contributed by atoms with Gasteiger partial charge in [-0.3, -0.25) is 4.84 Å². The minimum Gasteiger partial charge on any atom is -0.454 e. The van der Waals surface area contributed by atoms with Crippen LogP contribution in [-0.4, -0.2) is 18.4 Å². The first-order valence-corrected chi connectivity index (χ1v) is 6.76. The van der Waals surface area contributed by atoms with Gasteiger partial charge in [-0.05, 0) is 58.2 Å². The number of nitrogens with one attached hydrogen (secondary N) is 1. The SMILES string of the molecule is CC(CCc1ccc2c(c1)OCO2)NOC(C)(C)C. The molecule has 2 rings (SSSR count). The van der Waals surface area contributed by atoms with E-state index in [0.29, 0.717) is 12.8 Å². The molecule has 4 heteroatoms. The van der Waals surface area contributed by atoms with E-state index in [1.807, 2.05) is 26.8 Å². The summed E-state index contributed by atoms with van der Waals surface area (Å²) in [5, 5.41) is 0. The molecule has 0 radical (unpaired) electrons. The van der Waals surface area contributed by atoms with Crippen LogP contribution in [0.5, 0.6) is 11.5 Å². The van der Waals surface area contributed by atoms with Gasteiger partial charge in [0.25, 0.3) is 0 Å².